The first-order valence-corrected chi connectivity index (χ1v) is 10.4. The van der Waals surface area contributed by atoms with E-state index in [-0.39, 0.29) is 5.91 Å². The molecule has 2 aliphatic rings. The van der Waals surface area contributed by atoms with Crippen LogP contribution in [0.15, 0.2) is 23.1 Å². The number of benzene rings is 1. The van der Waals surface area contributed by atoms with E-state index in [1.54, 1.807) is 23.1 Å². The van der Waals surface area contributed by atoms with Crippen molar-refractivity contribution in [2.75, 3.05) is 29.1 Å². The normalized spacial score (nSPS) is 15.7. The Balaban J connectivity index is 1.68. The first kappa shape index (κ1) is 16.0. The van der Waals surface area contributed by atoms with Gasteiger partial charge >= 0.3 is 0 Å². The first-order valence-electron chi connectivity index (χ1n) is 8.58. The molecule has 3 heterocycles. The van der Waals surface area contributed by atoms with Gasteiger partial charge in [-0.15, -0.1) is 23.1 Å². The SMILES string of the molecule is CCCCCNc1nc2c(s1)CCN1C(=O)CSc3cccc-2c31. The van der Waals surface area contributed by atoms with Crippen molar-refractivity contribution in [3.8, 4) is 11.3 Å². The van der Waals surface area contributed by atoms with Gasteiger partial charge in [-0.3, -0.25) is 4.79 Å². The van der Waals surface area contributed by atoms with Crippen LogP contribution >= 0.6 is 23.1 Å². The first-order chi connectivity index (χ1) is 11.8. The van der Waals surface area contributed by atoms with E-state index in [2.05, 4.69) is 30.4 Å². The zero-order chi connectivity index (χ0) is 16.5. The molecule has 0 fully saturated rings. The number of hydrogen-bond acceptors (Lipinski definition) is 5. The van der Waals surface area contributed by atoms with Crippen LogP contribution in [0.1, 0.15) is 31.1 Å². The predicted molar refractivity (Wildman–Crippen MR) is 102 cm³/mol. The molecule has 0 unspecified atom stereocenters. The highest BCUT2D eigenvalue weighted by molar-refractivity contribution is 8.00. The van der Waals surface area contributed by atoms with Gasteiger partial charge in [0.25, 0.3) is 0 Å². The van der Waals surface area contributed by atoms with E-state index in [0.29, 0.717) is 5.75 Å². The maximum absolute atomic E-state index is 12.3. The predicted octanol–water partition coefficient (Wildman–Crippen LogP) is 4.41. The summed E-state index contributed by atoms with van der Waals surface area (Å²) < 4.78 is 0. The number of hydrogen-bond donors (Lipinski definition) is 1. The van der Waals surface area contributed by atoms with Crippen LogP contribution in [-0.2, 0) is 11.2 Å². The molecule has 4 nitrogen and oxygen atoms in total. The number of nitrogens with zero attached hydrogens (tertiary/aromatic N) is 2. The van der Waals surface area contributed by atoms with E-state index in [9.17, 15) is 4.79 Å². The van der Waals surface area contributed by atoms with Crippen LogP contribution in [0, 0.1) is 0 Å². The molecule has 4 rings (SSSR count). The van der Waals surface area contributed by atoms with Gasteiger partial charge in [-0.25, -0.2) is 4.98 Å². The molecule has 2 aromatic rings. The number of anilines is 2. The fourth-order valence-electron chi connectivity index (χ4n) is 3.28. The van der Waals surface area contributed by atoms with Gasteiger partial charge in [0, 0.05) is 34.8 Å². The van der Waals surface area contributed by atoms with E-state index in [4.69, 9.17) is 4.98 Å². The number of para-hydroxylation sites is 1. The maximum Gasteiger partial charge on any atom is 0.237 e. The Bertz CT molecular complexity index is 772. The molecule has 1 aromatic carbocycles. The topological polar surface area (TPSA) is 45.2 Å². The molecule has 0 saturated heterocycles. The van der Waals surface area contributed by atoms with Gasteiger partial charge in [0.2, 0.25) is 5.91 Å². The lowest BCUT2D eigenvalue weighted by Crippen LogP contribution is -2.36. The number of aromatic nitrogens is 1. The van der Waals surface area contributed by atoms with Gasteiger partial charge in [-0.1, -0.05) is 31.9 Å². The van der Waals surface area contributed by atoms with Crippen molar-refractivity contribution < 1.29 is 4.79 Å². The van der Waals surface area contributed by atoms with Crippen molar-refractivity contribution in [2.24, 2.45) is 0 Å². The number of unbranched alkanes of at least 4 members (excludes halogenated alkanes) is 2. The molecule has 0 radical (unpaired) electrons. The molecule has 1 amide bonds. The summed E-state index contributed by atoms with van der Waals surface area (Å²) in [5.41, 5.74) is 3.24. The van der Waals surface area contributed by atoms with Gasteiger partial charge in [0.05, 0.1) is 17.1 Å². The van der Waals surface area contributed by atoms with Gasteiger partial charge in [-0.05, 0) is 12.5 Å². The molecule has 0 spiro atoms. The zero-order valence-corrected chi connectivity index (χ0v) is 15.4. The molecule has 1 aromatic heterocycles. The third kappa shape index (κ3) is 2.82. The van der Waals surface area contributed by atoms with Gasteiger partial charge in [0.15, 0.2) is 5.13 Å². The van der Waals surface area contributed by atoms with Crippen LogP contribution in [0.3, 0.4) is 0 Å². The van der Waals surface area contributed by atoms with Crippen LogP contribution in [0.25, 0.3) is 11.3 Å². The third-order valence-electron chi connectivity index (χ3n) is 4.49. The van der Waals surface area contributed by atoms with Gasteiger partial charge < -0.3 is 10.2 Å². The van der Waals surface area contributed by atoms with Crippen LogP contribution in [0.5, 0.6) is 0 Å². The van der Waals surface area contributed by atoms with E-state index in [1.807, 2.05) is 4.90 Å². The summed E-state index contributed by atoms with van der Waals surface area (Å²) in [6.45, 7) is 3.96. The van der Waals surface area contributed by atoms with Gasteiger partial charge in [0.1, 0.15) is 0 Å². The standard InChI is InChI=1S/C18H21N3OS2/c1-2-3-4-9-19-18-20-16-12-6-5-7-14-17(12)21(15(22)11-23-14)10-8-13(16)24-18/h5-7H,2-4,8-11H2,1H3,(H,19,20). The minimum atomic E-state index is 0.216. The lowest BCUT2D eigenvalue weighted by molar-refractivity contribution is -0.116. The summed E-state index contributed by atoms with van der Waals surface area (Å²) in [6.07, 6.45) is 4.54. The van der Waals surface area contributed by atoms with Crippen LogP contribution in [0.4, 0.5) is 10.8 Å². The Morgan fingerprint density at radius 2 is 2.25 bits per heavy atom. The Kier molecular flexibility index (Phi) is 4.50. The minimum Gasteiger partial charge on any atom is -0.361 e. The zero-order valence-electron chi connectivity index (χ0n) is 13.8. The molecular formula is C18H21N3OS2. The molecule has 2 aliphatic heterocycles. The quantitative estimate of drug-likeness (QED) is 0.804. The lowest BCUT2D eigenvalue weighted by atomic mass is 10.1. The van der Waals surface area contributed by atoms with Crippen LogP contribution in [-0.4, -0.2) is 29.7 Å². The number of carbonyl (C=O) groups is 1. The fraction of sp³-hybridized carbons (Fsp3) is 0.444. The summed E-state index contributed by atoms with van der Waals surface area (Å²) in [7, 11) is 0. The second kappa shape index (κ2) is 6.76. The maximum atomic E-state index is 12.3. The molecule has 0 aliphatic carbocycles. The summed E-state index contributed by atoms with van der Waals surface area (Å²) in [4.78, 5) is 21.7. The fourth-order valence-corrected chi connectivity index (χ4v) is 5.23. The molecule has 6 heteroatoms. The third-order valence-corrected chi connectivity index (χ3v) is 6.60. The molecule has 0 saturated carbocycles. The van der Waals surface area contributed by atoms with Crippen molar-refractivity contribution in [3.05, 3.63) is 23.1 Å². The monoisotopic (exact) mass is 359 g/mol. The second-order valence-electron chi connectivity index (χ2n) is 6.16. The second-order valence-corrected chi connectivity index (χ2v) is 8.26. The number of rotatable bonds is 5. The smallest absolute Gasteiger partial charge is 0.237 e. The van der Waals surface area contributed by atoms with E-state index >= 15 is 0 Å². The Hall–Kier alpha value is -1.53. The summed E-state index contributed by atoms with van der Waals surface area (Å²) in [5, 5.41) is 4.48. The number of thiazole rings is 1. The average molecular weight is 360 g/mol. The summed E-state index contributed by atoms with van der Waals surface area (Å²) >= 11 is 3.39. The van der Waals surface area contributed by atoms with E-state index in [1.165, 1.54) is 29.0 Å². The van der Waals surface area contributed by atoms with Crippen LogP contribution in [0.2, 0.25) is 0 Å². The van der Waals surface area contributed by atoms with E-state index in [0.717, 1.165) is 41.6 Å². The number of amides is 1. The minimum absolute atomic E-state index is 0.216. The van der Waals surface area contributed by atoms with Crippen LogP contribution < -0.4 is 10.2 Å². The Labute approximate surface area is 150 Å². The van der Waals surface area contributed by atoms with Crippen molar-refractivity contribution in [2.45, 2.75) is 37.5 Å². The molecular weight excluding hydrogens is 338 g/mol. The summed E-state index contributed by atoms with van der Waals surface area (Å²) in [6, 6.07) is 6.30. The molecule has 0 bridgehead atoms. The molecule has 1 N–H and O–H groups in total. The Morgan fingerprint density at radius 3 is 3.12 bits per heavy atom. The van der Waals surface area contributed by atoms with Gasteiger partial charge in [-0.2, -0.15) is 0 Å². The summed E-state index contributed by atoms with van der Waals surface area (Å²) in [5.74, 6) is 0.759. The lowest BCUT2D eigenvalue weighted by Gasteiger charge is -2.29. The highest BCUT2D eigenvalue weighted by atomic mass is 32.2. The molecule has 24 heavy (non-hydrogen) atoms. The van der Waals surface area contributed by atoms with E-state index < -0.39 is 0 Å². The highest BCUT2D eigenvalue weighted by Gasteiger charge is 2.31. The van der Waals surface area contributed by atoms with Crippen molar-refractivity contribution in [1.82, 2.24) is 4.98 Å². The number of nitrogens with one attached hydrogen (secondary N) is 1. The van der Waals surface area contributed by atoms with Crippen molar-refractivity contribution in [3.63, 3.8) is 0 Å². The average Bonchev–Trinajstić information content (AvgIpc) is 2.93. The molecule has 126 valence electrons. The Morgan fingerprint density at radius 1 is 1.33 bits per heavy atom. The van der Waals surface area contributed by atoms with Crippen molar-refractivity contribution >= 4 is 39.8 Å². The number of carbonyl (C=O) groups excluding carboxylic acids is 1. The number of fused-ring (bicyclic) bond motifs is 2. The number of thioether (sulfide) groups is 1. The molecule has 0 atom stereocenters. The highest BCUT2D eigenvalue weighted by Crippen LogP contribution is 2.46. The largest absolute Gasteiger partial charge is 0.361 e. The van der Waals surface area contributed by atoms with Crippen molar-refractivity contribution in [1.29, 1.82) is 0 Å².